The molecule has 0 amide bonds. The zero-order valence-corrected chi connectivity index (χ0v) is 20.4. The summed E-state index contributed by atoms with van der Waals surface area (Å²) in [5.41, 5.74) is 1.22. The monoisotopic (exact) mass is 538 g/mol. The number of carbonyl (C=O) groups is 1. The Balaban J connectivity index is 1.46. The molecule has 3 N–H and O–H groups in total. The molecular formula is C25H22Cl2F2N2O5. The number of benzene rings is 1. The van der Waals surface area contributed by atoms with E-state index in [2.05, 4.69) is 9.97 Å². The summed E-state index contributed by atoms with van der Waals surface area (Å²) >= 11 is 12.8. The molecule has 3 atom stereocenters. The number of carboxylic acid groups (broad SMARTS) is 1. The Bertz CT molecular complexity index is 1350. The lowest BCUT2D eigenvalue weighted by molar-refractivity contribution is -0.141. The fourth-order valence-corrected chi connectivity index (χ4v) is 5.13. The number of aliphatic hydroxyl groups excluding tert-OH is 1. The van der Waals surface area contributed by atoms with Crippen LogP contribution in [0.1, 0.15) is 31.2 Å². The highest BCUT2D eigenvalue weighted by Gasteiger charge is 2.29. The first-order chi connectivity index (χ1) is 17.2. The molecule has 0 radical (unpaired) electrons. The van der Waals surface area contributed by atoms with Crippen LogP contribution < -0.4 is 4.74 Å². The molecule has 1 aliphatic heterocycles. The Labute approximate surface area is 214 Å². The molecule has 1 aromatic carbocycles. The molecule has 0 spiro atoms. The first-order valence-corrected chi connectivity index (χ1v) is 12.2. The Morgan fingerprint density at radius 2 is 2.00 bits per heavy atom. The summed E-state index contributed by atoms with van der Waals surface area (Å²) in [6.07, 6.45) is 2.68. The van der Waals surface area contributed by atoms with E-state index in [0.29, 0.717) is 42.3 Å². The second kappa shape index (κ2) is 9.97. The van der Waals surface area contributed by atoms with E-state index in [1.54, 1.807) is 6.08 Å². The van der Waals surface area contributed by atoms with E-state index in [0.717, 1.165) is 0 Å². The van der Waals surface area contributed by atoms with Crippen LogP contribution in [0.15, 0.2) is 24.3 Å². The van der Waals surface area contributed by atoms with Crippen LogP contribution in [0.25, 0.3) is 27.9 Å². The van der Waals surface area contributed by atoms with E-state index < -0.39 is 23.5 Å². The summed E-state index contributed by atoms with van der Waals surface area (Å²) in [4.78, 5) is 18.5. The van der Waals surface area contributed by atoms with Gasteiger partial charge < -0.3 is 24.7 Å². The van der Waals surface area contributed by atoms with Gasteiger partial charge in [-0.05, 0) is 48.6 Å². The molecule has 11 heteroatoms. The molecule has 0 bridgehead atoms. The van der Waals surface area contributed by atoms with Crippen LogP contribution in [0.2, 0.25) is 10.0 Å². The van der Waals surface area contributed by atoms with Crippen molar-refractivity contribution in [2.24, 2.45) is 5.92 Å². The second-order valence-electron chi connectivity index (χ2n) is 8.95. The maximum absolute atomic E-state index is 15.2. The predicted octanol–water partition coefficient (Wildman–Crippen LogP) is 5.61. The fraction of sp³-hybridized carbons (Fsp3) is 0.360. The Kier molecular flexibility index (Phi) is 6.91. The molecular weight excluding hydrogens is 517 g/mol. The fourth-order valence-electron chi connectivity index (χ4n) is 4.65. The summed E-state index contributed by atoms with van der Waals surface area (Å²) < 4.78 is 41.7. The van der Waals surface area contributed by atoms with Crippen molar-refractivity contribution in [2.75, 3.05) is 13.2 Å². The Morgan fingerprint density at radius 3 is 2.61 bits per heavy atom. The lowest BCUT2D eigenvalue weighted by atomic mass is 9.86. The standard InChI is InChI=1S/C25H22Cl2F2N2O5/c26-16-8-19-23(21(27)24(30-19)36-15-7-14(9-32)35-10-15)31-22(16)20-17(28)5-13(6-18(20)29)11-1-3-12(4-2-11)25(33)34/h1,5-6,8,12,14-15,30,32H,2-4,7,9-10H2,(H,33,34)/t12?,14-,15-/m0/s1. The van der Waals surface area contributed by atoms with Crippen molar-refractivity contribution in [3.63, 3.8) is 0 Å². The predicted molar refractivity (Wildman–Crippen MR) is 130 cm³/mol. The molecule has 0 saturated carbocycles. The van der Waals surface area contributed by atoms with Gasteiger partial charge in [0.1, 0.15) is 28.3 Å². The average Bonchev–Trinajstić information content (AvgIpc) is 3.43. The van der Waals surface area contributed by atoms with Crippen LogP contribution in [0.5, 0.6) is 5.88 Å². The van der Waals surface area contributed by atoms with Crippen molar-refractivity contribution < 1.29 is 33.3 Å². The minimum Gasteiger partial charge on any atom is -0.481 e. The average molecular weight is 539 g/mol. The van der Waals surface area contributed by atoms with Crippen LogP contribution in [-0.2, 0) is 9.53 Å². The van der Waals surface area contributed by atoms with Crippen LogP contribution in [0, 0.1) is 17.6 Å². The number of aliphatic hydroxyl groups is 1. The summed E-state index contributed by atoms with van der Waals surface area (Å²) in [7, 11) is 0. The number of allylic oxidation sites excluding steroid dienone is 2. The van der Waals surface area contributed by atoms with E-state index >= 15 is 8.78 Å². The third kappa shape index (κ3) is 4.68. The molecule has 3 heterocycles. The van der Waals surface area contributed by atoms with Crippen molar-refractivity contribution in [1.29, 1.82) is 0 Å². The zero-order chi connectivity index (χ0) is 25.6. The first-order valence-electron chi connectivity index (χ1n) is 11.4. The molecule has 190 valence electrons. The molecule has 7 nitrogen and oxygen atoms in total. The van der Waals surface area contributed by atoms with Gasteiger partial charge in [-0.2, -0.15) is 0 Å². The van der Waals surface area contributed by atoms with Crippen LogP contribution in [-0.4, -0.2) is 51.6 Å². The molecule has 36 heavy (non-hydrogen) atoms. The summed E-state index contributed by atoms with van der Waals surface area (Å²) in [5, 5.41) is 18.5. The van der Waals surface area contributed by atoms with Gasteiger partial charge in [0, 0.05) is 6.42 Å². The van der Waals surface area contributed by atoms with Gasteiger partial charge in [-0.1, -0.05) is 29.3 Å². The van der Waals surface area contributed by atoms with Crippen LogP contribution >= 0.6 is 23.2 Å². The number of nitrogens with one attached hydrogen (secondary N) is 1. The number of halogens is 4. The van der Waals surface area contributed by atoms with Crippen molar-refractivity contribution in [2.45, 2.75) is 37.9 Å². The summed E-state index contributed by atoms with van der Waals surface area (Å²) in [6, 6.07) is 3.89. The van der Waals surface area contributed by atoms with E-state index in [1.807, 2.05) is 0 Å². The maximum atomic E-state index is 15.2. The lowest BCUT2D eigenvalue weighted by Crippen LogP contribution is -2.17. The second-order valence-corrected chi connectivity index (χ2v) is 9.74. The molecule has 1 aliphatic carbocycles. The smallest absolute Gasteiger partial charge is 0.306 e. The maximum Gasteiger partial charge on any atom is 0.306 e. The molecule has 2 aromatic heterocycles. The van der Waals surface area contributed by atoms with Gasteiger partial charge in [0.05, 0.1) is 47.0 Å². The molecule has 1 unspecified atom stereocenters. The quantitative estimate of drug-likeness (QED) is 0.376. The first kappa shape index (κ1) is 25.0. The number of ether oxygens (including phenoxy) is 2. The number of aromatic amines is 1. The van der Waals surface area contributed by atoms with Gasteiger partial charge in [-0.15, -0.1) is 0 Å². The number of hydrogen-bond donors (Lipinski definition) is 3. The van der Waals surface area contributed by atoms with Gasteiger partial charge in [0.2, 0.25) is 5.88 Å². The molecule has 2 aliphatic rings. The van der Waals surface area contributed by atoms with E-state index in [4.69, 9.17) is 37.8 Å². The number of hydrogen-bond acceptors (Lipinski definition) is 5. The van der Waals surface area contributed by atoms with Gasteiger partial charge in [-0.3, -0.25) is 4.79 Å². The van der Waals surface area contributed by atoms with Crippen molar-refractivity contribution in [3.05, 3.63) is 51.5 Å². The van der Waals surface area contributed by atoms with Crippen LogP contribution in [0.3, 0.4) is 0 Å². The molecule has 1 saturated heterocycles. The third-order valence-corrected chi connectivity index (χ3v) is 7.21. The Morgan fingerprint density at radius 1 is 1.25 bits per heavy atom. The number of pyridine rings is 1. The summed E-state index contributed by atoms with van der Waals surface area (Å²) in [6.45, 7) is 0.170. The number of aromatic nitrogens is 2. The highest BCUT2D eigenvalue weighted by atomic mass is 35.5. The minimum absolute atomic E-state index is 0.0169. The minimum atomic E-state index is -0.878. The van der Waals surface area contributed by atoms with Crippen molar-refractivity contribution in [3.8, 4) is 17.1 Å². The number of aliphatic carboxylic acids is 1. The van der Waals surface area contributed by atoms with Crippen molar-refractivity contribution in [1.82, 2.24) is 9.97 Å². The lowest BCUT2D eigenvalue weighted by Gasteiger charge is -2.19. The summed E-state index contributed by atoms with van der Waals surface area (Å²) in [5.74, 6) is -2.84. The number of fused-ring (bicyclic) bond motifs is 1. The number of carboxylic acids is 1. The molecule has 3 aromatic rings. The SMILES string of the molecule is O=C(O)C1CC=C(c2cc(F)c(-c3nc4c(Cl)c(O[C@@H]5CO[C@H](CO)C5)[nH]c4cc3Cl)c(F)c2)CC1. The van der Waals surface area contributed by atoms with Gasteiger partial charge in [0.25, 0.3) is 0 Å². The van der Waals surface area contributed by atoms with E-state index in [9.17, 15) is 9.90 Å². The van der Waals surface area contributed by atoms with E-state index in [-0.39, 0.29) is 58.1 Å². The largest absolute Gasteiger partial charge is 0.481 e. The number of H-pyrrole nitrogens is 1. The molecule has 1 fully saturated rings. The van der Waals surface area contributed by atoms with Gasteiger partial charge in [-0.25, -0.2) is 13.8 Å². The highest BCUT2D eigenvalue weighted by Crippen LogP contribution is 2.40. The van der Waals surface area contributed by atoms with Crippen LogP contribution in [0.4, 0.5) is 8.78 Å². The van der Waals surface area contributed by atoms with Gasteiger partial charge in [0.15, 0.2) is 0 Å². The van der Waals surface area contributed by atoms with Gasteiger partial charge >= 0.3 is 5.97 Å². The topological polar surface area (TPSA) is 105 Å². The van der Waals surface area contributed by atoms with E-state index in [1.165, 1.54) is 18.2 Å². The number of rotatable bonds is 6. The zero-order valence-electron chi connectivity index (χ0n) is 18.9. The third-order valence-electron chi connectivity index (χ3n) is 6.57. The number of nitrogens with zero attached hydrogens (tertiary/aromatic N) is 1. The highest BCUT2D eigenvalue weighted by molar-refractivity contribution is 6.38. The molecule has 5 rings (SSSR count). The normalized spacial score (nSPS) is 22.1. The van der Waals surface area contributed by atoms with Crippen molar-refractivity contribution >= 4 is 45.8 Å². The Hall–Kier alpha value is -2.72.